The van der Waals surface area contributed by atoms with Gasteiger partial charge in [-0.15, -0.1) is 0 Å². The van der Waals surface area contributed by atoms with Gasteiger partial charge in [0.05, 0.1) is 5.75 Å². The number of hydrogen-bond donors (Lipinski definition) is 2. The largest absolute Gasteiger partial charge is 0.411 e. The summed E-state index contributed by atoms with van der Waals surface area (Å²) in [5.41, 5.74) is 6.75. The average molecular weight is 242 g/mol. The van der Waals surface area contributed by atoms with Gasteiger partial charge in [0.15, 0.2) is 9.84 Å². The molecule has 0 aliphatic carbocycles. The second-order valence-electron chi connectivity index (χ2n) is 3.35. The molecule has 6 heteroatoms. The topological polar surface area (TPSA) is 92.8 Å². The fourth-order valence-corrected chi connectivity index (χ4v) is 2.00. The predicted octanol–water partition coefficient (Wildman–Crippen LogP) is 0.882. The number of sulfone groups is 1. The Bertz CT molecular complexity index is 477. The lowest BCUT2D eigenvalue weighted by molar-refractivity contribution is 0.319. The van der Waals surface area contributed by atoms with E-state index in [9.17, 15) is 8.42 Å². The van der Waals surface area contributed by atoms with E-state index >= 15 is 0 Å². The SMILES string of the molecule is CCS(=O)(=O)C/C(=N\O)c1ccc(N)cc1. The molecular weight excluding hydrogens is 228 g/mol. The maximum atomic E-state index is 11.4. The highest BCUT2D eigenvalue weighted by Crippen LogP contribution is 2.08. The summed E-state index contributed by atoms with van der Waals surface area (Å²) in [4.78, 5) is 0. The first-order valence-corrected chi connectivity index (χ1v) is 6.58. The fraction of sp³-hybridized carbons (Fsp3) is 0.300. The van der Waals surface area contributed by atoms with E-state index in [2.05, 4.69) is 5.16 Å². The Morgan fingerprint density at radius 2 is 1.94 bits per heavy atom. The van der Waals surface area contributed by atoms with Crippen molar-refractivity contribution in [2.24, 2.45) is 5.16 Å². The summed E-state index contributed by atoms with van der Waals surface area (Å²) in [6.45, 7) is 1.55. The van der Waals surface area contributed by atoms with Gasteiger partial charge in [0.25, 0.3) is 0 Å². The molecule has 0 bridgehead atoms. The molecule has 0 spiro atoms. The molecule has 0 aliphatic rings. The standard InChI is InChI=1S/C10H14N2O3S/c1-2-16(14,15)7-10(12-13)8-3-5-9(11)6-4-8/h3-6,13H,2,7,11H2,1H3/b12-10+. The highest BCUT2D eigenvalue weighted by atomic mass is 32.2. The van der Waals surface area contributed by atoms with Gasteiger partial charge < -0.3 is 10.9 Å². The van der Waals surface area contributed by atoms with Gasteiger partial charge in [0.2, 0.25) is 0 Å². The molecule has 1 rings (SSSR count). The molecule has 0 fully saturated rings. The summed E-state index contributed by atoms with van der Waals surface area (Å²) in [7, 11) is -3.21. The number of anilines is 1. The van der Waals surface area contributed by atoms with Gasteiger partial charge in [-0.3, -0.25) is 0 Å². The van der Waals surface area contributed by atoms with Crippen LogP contribution in [0.2, 0.25) is 0 Å². The van der Waals surface area contributed by atoms with E-state index in [0.717, 1.165) is 0 Å². The first-order valence-electron chi connectivity index (χ1n) is 4.75. The summed E-state index contributed by atoms with van der Waals surface area (Å²) in [5.74, 6) is -0.259. The second kappa shape index (κ2) is 4.98. The van der Waals surface area contributed by atoms with Crippen LogP contribution in [0.15, 0.2) is 29.4 Å². The van der Waals surface area contributed by atoms with Gasteiger partial charge in [-0.2, -0.15) is 0 Å². The van der Waals surface area contributed by atoms with Crippen LogP contribution in [0.25, 0.3) is 0 Å². The lowest BCUT2D eigenvalue weighted by atomic mass is 10.1. The number of nitrogens with two attached hydrogens (primary N) is 1. The van der Waals surface area contributed by atoms with Crippen molar-refractivity contribution in [2.75, 3.05) is 17.2 Å². The van der Waals surface area contributed by atoms with E-state index in [-0.39, 0.29) is 17.2 Å². The zero-order chi connectivity index (χ0) is 12.2. The molecule has 0 atom stereocenters. The molecular formula is C10H14N2O3S. The van der Waals surface area contributed by atoms with Gasteiger partial charge >= 0.3 is 0 Å². The average Bonchev–Trinajstić information content (AvgIpc) is 2.27. The zero-order valence-corrected chi connectivity index (χ0v) is 9.74. The second-order valence-corrected chi connectivity index (χ2v) is 5.70. The van der Waals surface area contributed by atoms with E-state index < -0.39 is 9.84 Å². The summed E-state index contributed by atoms with van der Waals surface area (Å²) >= 11 is 0. The molecule has 0 aromatic heterocycles. The quantitative estimate of drug-likeness (QED) is 0.355. The van der Waals surface area contributed by atoms with Crippen LogP contribution >= 0.6 is 0 Å². The minimum atomic E-state index is -3.21. The molecule has 0 unspecified atom stereocenters. The van der Waals surface area contributed by atoms with Crippen molar-refractivity contribution in [1.82, 2.24) is 0 Å². The van der Waals surface area contributed by atoms with Crippen LogP contribution in [-0.4, -0.2) is 30.8 Å². The molecule has 0 aliphatic heterocycles. The van der Waals surface area contributed by atoms with E-state index in [0.29, 0.717) is 11.3 Å². The van der Waals surface area contributed by atoms with Crippen molar-refractivity contribution in [1.29, 1.82) is 0 Å². The van der Waals surface area contributed by atoms with Crippen LogP contribution < -0.4 is 5.73 Å². The molecule has 5 nitrogen and oxygen atoms in total. The molecule has 3 N–H and O–H groups in total. The summed E-state index contributed by atoms with van der Waals surface area (Å²) in [6, 6.07) is 6.49. The number of rotatable bonds is 4. The number of nitrogen functional groups attached to an aromatic ring is 1. The van der Waals surface area contributed by atoms with Crippen LogP contribution in [-0.2, 0) is 9.84 Å². The summed E-state index contributed by atoms with van der Waals surface area (Å²) in [6.07, 6.45) is 0. The number of hydrogen-bond acceptors (Lipinski definition) is 5. The number of nitrogens with zero attached hydrogens (tertiary/aromatic N) is 1. The van der Waals surface area contributed by atoms with Crippen LogP contribution in [0.4, 0.5) is 5.69 Å². The highest BCUT2D eigenvalue weighted by Gasteiger charge is 2.14. The van der Waals surface area contributed by atoms with Crippen molar-refractivity contribution in [2.45, 2.75) is 6.92 Å². The molecule has 0 radical (unpaired) electrons. The Kier molecular flexibility index (Phi) is 3.89. The lowest BCUT2D eigenvalue weighted by Gasteiger charge is -2.05. The molecule has 16 heavy (non-hydrogen) atoms. The summed E-state index contributed by atoms with van der Waals surface area (Å²) < 4.78 is 22.8. The van der Waals surface area contributed by atoms with Crippen molar-refractivity contribution >= 4 is 21.2 Å². The maximum absolute atomic E-state index is 11.4. The lowest BCUT2D eigenvalue weighted by Crippen LogP contribution is -2.18. The van der Waals surface area contributed by atoms with Crippen molar-refractivity contribution < 1.29 is 13.6 Å². The Balaban J connectivity index is 2.97. The molecule has 1 aromatic carbocycles. The van der Waals surface area contributed by atoms with Gasteiger partial charge in [-0.25, -0.2) is 8.42 Å². The predicted molar refractivity (Wildman–Crippen MR) is 63.5 cm³/mol. The van der Waals surface area contributed by atoms with Gasteiger partial charge in [-0.05, 0) is 12.1 Å². The third-order valence-corrected chi connectivity index (χ3v) is 3.75. The molecule has 1 aromatic rings. The third kappa shape index (κ3) is 3.23. The van der Waals surface area contributed by atoms with Gasteiger partial charge in [-0.1, -0.05) is 24.2 Å². The van der Waals surface area contributed by atoms with Gasteiger partial charge in [0, 0.05) is 17.0 Å². The first-order chi connectivity index (χ1) is 7.48. The first kappa shape index (κ1) is 12.5. The fourth-order valence-electron chi connectivity index (χ4n) is 1.16. The van der Waals surface area contributed by atoms with Gasteiger partial charge in [0.1, 0.15) is 5.71 Å². The normalized spacial score (nSPS) is 12.7. The minimum Gasteiger partial charge on any atom is -0.411 e. The van der Waals surface area contributed by atoms with E-state index in [1.165, 1.54) is 0 Å². The van der Waals surface area contributed by atoms with E-state index in [1.54, 1.807) is 31.2 Å². The molecule has 0 heterocycles. The van der Waals surface area contributed by atoms with Crippen LogP contribution in [0, 0.1) is 0 Å². The smallest absolute Gasteiger partial charge is 0.155 e. The molecule has 88 valence electrons. The zero-order valence-electron chi connectivity index (χ0n) is 8.92. The third-order valence-electron chi connectivity index (χ3n) is 2.16. The van der Waals surface area contributed by atoms with E-state index in [1.807, 2.05) is 0 Å². The Morgan fingerprint density at radius 3 is 2.38 bits per heavy atom. The van der Waals surface area contributed by atoms with E-state index in [4.69, 9.17) is 10.9 Å². The summed E-state index contributed by atoms with van der Waals surface area (Å²) in [5, 5.41) is 11.8. The molecule has 0 saturated heterocycles. The monoisotopic (exact) mass is 242 g/mol. The van der Waals surface area contributed by atoms with Crippen LogP contribution in [0.3, 0.4) is 0 Å². The van der Waals surface area contributed by atoms with Crippen molar-refractivity contribution in [3.05, 3.63) is 29.8 Å². The Labute approximate surface area is 94.5 Å². The Morgan fingerprint density at radius 1 is 1.38 bits per heavy atom. The number of benzene rings is 1. The van der Waals surface area contributed by atoms with Crippen molar-refractivity contribution in [3.8, 4) is 0 Å². The highest BCUT2D eigenvalue weighted by molar-refractivity contribution is 7.92. The Hall–Kier alpha value is -1.56. The van der Waals surface area contributed by atoms with Crippen molar-refractivity contribution in [3.63, 3.8) is 0 Å². The molecule has 0 saturated carbocycles. The van der Waals surface area contributed by atoms with Crippen LogP contribution in [0.1, 0.15) is 12.5 Å². The maximum Gasteiger partial charge on any atom is 0.155 e. The minimum absolute atomic E-state index is 0.0149. The number of oxime groups is 1. The van der Waals surface area contributed by atoms with Crippen LogP contribution in [0.5, 0.6) is 0 Å². The molecule has 0 amide bonds.